The molecule has 0 amide bonds. The van der Waals surface area contributed by atoms with Gasteiger partial charge >= 0.3 is 0 Å². The van der Waals surface area contributed by atoms with Crippen LogP contribution >= 0.6 is 0 Å². The first-order valence-corrected chi connectivity index (χ1v) is 7.75. The van der Waals surface area contributed by atoms with E-state index in [2.05, 4.69) is 32.0 Å². The van der Waals surface area contributed by atoms with Crippen LogP contribution in [0, 0.1) is 0 Å². The molecule has 0 saturated heterocycles. The van der Waals surface area contributed by atoms with Crippen LogP contribution in [-0.4, -0.2) is 24.5 Å². The zero-order valence-corrected chi connectivity index (χ0v) is 13.3. The van der Waals surface area contributed by atoms with E-state index in [1.165, 1.54) is 5.56 Å². The summed E-state index contributed by atoms with van der Waals surface area (Å²) in [5, 5.41) is 8.12. The average molecular weight is 319 g/mol. The van der Waals surface area contributed by atoms with Gasteiger partial charge in [-0.3, -0.25) is 0 Å². The first kappa shape index (κ1) is 14.4. The second kappa shape index (κ2) is 6.16. The number of hydrogen-bond donors (Lipinski definition) is 0. The highest BCUT2D eigenvalue weighted by Gasteiger charge is 2.06. The fraction of sp³-hybridized carbons (Fsp3) is 0.167. The second-order valence-electron chi connectivity index (χ2n) is 5.65. The molecule has 0 fully saturated rings. The van der Waals surface area contributed by atoms with E-state index >= 15 is 0 Å². The molecule has 6 nitrogen and oxygen atoms in total. The van der Waals surface area contributed by atoms with Gasteiger partial charge < -0.3 is 9.30 Å². The highest BCUT2D eigenvalue weighted by Crippen LogP contribution is 2.19. The van der Waals surface area contributed by atoms with Gasteiger partial charge in [0, 0.05) is 19.7 Å². The van der Waals surface area contributed by atoms with Crippen LogP contribution in [0.25, 0.3) is 11.0 Å². The van der Waals surface area contributed by atoms with Crippen LogP contribution in [0.4, 0.5) is 0 Å². The summed E-state index contributed by atoms with van der Waals surface area (Å²) < 4.78 is 9.75. The van der Waals surface area contributed by atoms with Crippen molar-refractivity contribution in [1.29, 1.82) is 0 Å². The number of imidazole rings is 1. The smallest absolute Gasteiger partial charge is 0.130 e. The molecule has 4 aromatic rings. The first-order chi connectivity index (χ1) is 11.8. The molecule has 2 heterocycles. The Balaban J connectivity index is 1.48. The van der Waals surface area contributed by atoms with Gasteiger partial charge in [0.15, 0.2) is 0 Å². The Kier molecular flexibility index (Phi) is 3.70. The van der Waals surface area contributed by atoms with E-state index in [1.54, 1.807) is 4.68 Å². The van der Waals surface area contributed by atoms with Gasteiger partial charge in [-0.2, -0.15) is 0 Å². The lowest BCUT2D eigenvalue weighted by atomic mass is 10.2. The van der Waals surface area contributed by atoms with Crippen molar-refractivity contribution in [3.63, 3.8) is 0 Å². The number of hydrogen-bond acceptors (Lipinski definition) is 4. The van der Waals surface area contributed by atoms with Crippen molar-refractivity contribution in [2.24, 2.45) is 7.05 Å². The van der Waals surface area contributed by atoms with Gasteiger partial charge in [-0.25, -0.2) is 9.67 Å². The summed E-state index contributed by atoms with van der Waals surface area (Å²) in [7, 11) is 1.87. The normalized spacial score (nSPS) is 11.0. The largest absolute Gasteiger partial charge is 0.487 e. The van der Waals surface area contributed by atoms with E-state index in [9.17, 15) is 0 Å². The van der Waals surface area contributed by atoms with Crippen molar-refractivity contribution < 1.29 is 4.74 Å². The molecule has 0 N–H and O–H groups in total. The zero-order valence-electron chi connectivity index (χ0n) is 13.3. The number of fused-ring (bicyclic) bond motifs is 1. The molecule has 0 atom stereocenters. The molecular weight excluding hydrogens is 302 g/mol. The summed E-state index contributed by atoms with van der Waals surface area (Å²) in [6, 6.07) is 16.1. The highest BCUT2D eigenvalue weighted by molar-refractivity contribution is 5.75. The van der Waals surface area contributed by atoms with Crippen LogP contribution in [0.5, 0.6) is 5.75 Å². The molecule has 24 heavy (non-hydrogen) atoms. The standard InChI is InChI=1S/C18H17N5O/c1-22-18-8-7-16(9-17(18)20-21-22)24-12-15-10-19-13-23(15)11-14-5-3-2-4-6-14/h2-10,13H,11-12H2,1H3. The Morgan fingerprint density at radius 3 is 2.83 bits per heavy atom. The predicted octanol–water partition coefficient (Wildman–Crippen LogP) is 2.79. The van der Waals surface area contributed by atoms with Crippen LogP contribution in [0.1, 0.15) is 11.3 Å². The maximum absolute atomic E-state index is 5.91. The fourth-order valence-electron chi connectivity index (χ4n) is 2.66. The number of nitrogens with zero attached hydrogens (tertiary/aromatic N) is 5. The van der Waals surface area contributed by atoms with E-state index in [4.69, 9.17) is 4.74 Å². The Morgan fingerprint density at radius 1 is 1.08 bits per heavy atom. The summed E-state index contributed by atoms with van der Waals surface area (Å²) in [5.74, 6) is 0.774. The monoisotopic (exact) mass is 319 g/mol. The molecule has 0 bridgehead atoms. The van der Waals surface area contributed by atoms with Gasteiger partial charge in [-0.1, -0.05) is 35.5 Å². The number of aryl methyl sites for hydroxylation is 1. The third kappa shape index (κ3) is 2.86. The van der Waals surface area contributed by atoms with Crippen LogP contribution in [0.3, 0.4) is 0 Å². The summed E-state index contributed by atoms with van der Waals surface area (Å²) in [5.41, 5.74) is 4.07. The molecule has 0 aliphatic heterocycles. The highest BCUT2D eigenvalue weighted by atomic mass is 16.5. The second-order valence-corrected chi connectivity index (χ2v) is 5.65. The van der Waals surface area contributed by atoms with E-state index in [1.807, 2.05) is 56.0 Å². The summed E-state index contributed by atoms with van der Waals surface area (Å²) in [6.45, 7) is 1.24. The fourth-order valence-corrected chi connectivity index (χ4v) is 2.66. The molecular formula is C18H17N5O. The summed E-state index contributed by atoms with van der Waals surface area (Å²) in [6.07, 6.45) is 3.67. The van der Waals surface area contributed by atoms with E-state index in [-0.39, 0.29) is 0 Å². The molecule has 4 rings (SSSR count). The van der Waals surface area contributed by atoms with Crippen LogP contribution < -0.4 is 4.74 Å². The topological polar surface area (TPSA) is 57.8 Å². The van der Waals surface area contributed by atoms with E-state index in [0.29, 0.717) is 6.61 Å². The number of ether oxygens (including phenoxy) is 1. The van der Waals surface area contributed by atoms with E-state index in [0.717, 1.165) is 29.0 Å². The van der Waals surface area contributed by atoms with Crippen LogP contribution in [-0.2, 0) is 20.2 Å². The lowest BCUT2D eigenvalue weighted by molar-refractivity contribution is 0.296. The maximum atomic E-state index is 5.91. The molecule has 120 valence electrons. The first-order valence-electron chi connectivity index (χ1n) is 7.75. The number of rotatable bonds is 5. The van der Waals surface area contributed by atoms with Crippen LogP contribution in [0.15, 0.2) is 61.1 Å². The van der Waals surface area contributed by atoms with E-state index < -0.39 is 0 Å². The molecule has 6 heteroatoms. The molecule has 2 aromatic heterocycles. The third-order valence-electron chi connectivity index (χ3n) is 3.96. The van der Waals surface area contributed by atoms with Gasteiger partial charge in [-0.15, -0.1) is 5.10 Å². The molecule has 0 spiro atoms. The summed E-state index contributed by atoms with van der Waals surface area (Å²) >= 11 is 0. The van der Waals surface area contributed by atoms with Crippen molar-refractivity contribution in [2.75, 3.05) is 0 Å². The quantitative estimate of drug-likeness (QED) is 0.567. The zero-order chi connectivity index (χ0) is 16.4. The van der Waals surface area contributed by atoms with Crippen molar-refractivity contribution in [2.45, 2.75) is 13.2 Å². The maximum Gasteiger partial charge on any atom is 0.130 e. The van der Waals surface area contributed by atoms with Crippen molar-refractivity contribution in [1.82, 2.24) is 24.5 Å². The minimum atomic E-state index is 0.457. The Labute approximate surface area is 139 Å². The van der Waals surface area contributed by atoms with Gasteiger partial charge in [-0.05, 0) is 17.7 Å². The molecule has 0 saturated carbocycles. The Bertz CT molecular complexity index is 958. The number of benzene rings is 2. The van der Waals surface area contributed by atoms with Crippen molar-refractivity contribution in [3.05, 3.63) is 72.3 Å². The Hall–Kier alpha value is -3.15. The SMILES string of the molecule is Cn1nnc2cc(OCc3cncn3Cc3ccccc3)ccc21. The predicted molar refractivity (Wildman–Crippen MR) is 90.6 cm³/mol. The minimum absolute atomic E-state index is 0.457. The van der Waals surface area contributed by atoms with Gasteiger partial charge in [0.1, 0.15) is 17.9 Å². The average Bonchev–Trinajstić information content (AvgIpc) is 3.21. The lowest BCUT2D eigenvalue weighted by Gasteiger charge is -2.10. The lowest BCUT2D eigenvalue weighted by Crippen LogP contribution is -2.06. The van der Waals surface area contributed by atoms with Crippen molar-refractivity contribution >= 4 is 11.0 Å². The molecule has 0 radical (unpaired) electrons. The minimum Gasteiger partial charge on any atom is -0.487 e. The third-order valence-corrected chi connectivity index (χ3v) is 3.96. The van der Waals surface area contributed by atoms with Gasteiger partial charge in [0.2, 0.25) is 0 Å². The molecule has 0 aliphatic carbocycles. The van der Waals surface area contributed by atoms with Gasteiger partial charge in [0.05, 0.1) is 23.7 Å². The number of aromatic nitrogens is 5. The molecule has 0 unspecified atom stereocenters. The Morgan fingerprint density at radius 2 is 1.96 bits per heavy atom. The van der Waals surface area contributed by atoms with Crippen LogP contribution in [0.2, 0.25) is 0 Å². The molecule has 0 aliphatic rings. The van der Waals surface area contributed by atoms with Gasteiger partial charge in [0.25, 0.3) is 0 Å². The summed E-state index contributed by atoms with van der Waals surface area (Å²) in [4.78, 5) is 4.24. The molecule has 2 aromatic carbocycles. The van der Waals surface area contributed by atoms with Crippen molar-refractivity contribution in [3.8, 4) is 5.75 Å².